The maximum absolute atomic E-state index is 10.3. The zero-order chi connectivity index (χ0) is 12.0. The third-order valence-corrected chi connectivity index (χ3v) is 3.61. The summed E-state index contributed by atoms with van der Waals surface area (Å²) in [5.41, 5.74) is -0.506. The van der Waals surface area contributed by atoms with Gasteiger partial charge in [-0.05, 0) is 12.8 Å². The smallest absolute Gasteiger partial charge is 0.0768 e. The van der Waals surface area contributed by atoms with Crippen LogP contribution in [-0.4, -0.2) is 59.8 Å². The molecular formula is C13H24N2O. The summed E-state index contributed by atoms with van der Waals surface area (Å²) in [7, 11) is 0. The average molecular weight is 224 g/mol. The molecule has 0 aromatic heterocycles. The zero-order valence-corrected chi connectivity index (χ0v) is 10.6. The Kier molecular flexibility index (Phi) is 5.27. The van der Waals surface area contributed by atoms with Gasteiger partial charge in [0, 0.05) is 32.7 Å². The normalized spacial score (nSPS) is 19.6. The van der Waals surface area contributed by atoms with Gasteiger partial charge < -0.3 is 5.11 Å². The van der Waals surface area contributed by atoms with Gasteiger partial charge in [-0.25, -0.2) is 0 Å². The Morgan fingerprint density at radius 3 is 2.06 bits per heavy atom. The SMILES string of the molecule is C#CCN1CCN(CC(O)(CC)CC)CC1. The van der Waals surface area contributed by atoms with Crippen LogP contribution in [0.5, 0.6) is 0 Å². The van der Waals surface area contributed by atoms with E-state index in [1.54, 1.807) is 0 Å². The molecule has 92 valence electrons. The van der Waals surface area contributed by atoms with Crippen molar-refractivity contribution in [1.29, 1.82) is 0 Å². The highest BCUT2D eigenvalue weighted by Crippen LogP contribution is 2.17. The van der Waals surface area contributed by atoms with Gasteiger partial charge in [0.1, 0.15) is 0 Å². The summed E-state index contributed by atoms with van der Waals surface area (Å²) >= 11 is 0. The minimum Gasteiger partial charge on any atom is -0.389 e. The van der Waals surface area contributed by atoms with Crippen molar-refractivity contribution in [3.8, 4) is 12.3 Å². The number of piperazine rings is 1. The van der Waals surface area contributed by atoms with Crippen molar-refractivity contribution in [2.75, 3.05) is 39.3 Å². The van der Waals surface area contributed by atoms with Gasteiger partial charge in [0.2, 0.25) is 0 Å². The number of terminal acetylenes is 1. The fourth-order valence-corrected chi connectivity index (χ4v) is 2.12. The van der Waals surface area contributed by atoms with Crippen LogP contribution >= 0.6 is 0 Å². The van der Waals surface area contributed by atoms with E-state index in [0.29, 0.717) is 0 Å². The summed E-state index contributed by atoms with van der Waals surface area (Å²) in [6.07, 6.45) is 6.95. The molecule has 0 radical (unpaired) electrons. The minimum absolute atomic E-state index is 0.506. The van der Waals surface area contributed by atoms with E-state index in [1.807, 2.05) is 0 Å². The lowest BCUT2D eigenvalue weighted by Gasteiger charge is -2.38. The average Bonchev–Trinajstić information content (AvgIpc) is 2.32. The molecule has 1 saturated heterocycles. The summed E-state index contributed by atoms with van der Waals surface area (Å²) < 4.78 is 0. The van der Waals surface area contributed by atoms with Crippen molar-refractivity contribution in [3.63, 3.8) is 0 Å². The summed E-state index contributed by atoms with van der Waals surface area (Å²) in [5, 5.41) is 10.3. The van der Waals surface area contributed by atoms with Crippen LogP contribution < -0.4 is 0 Å². The molecule has 1 aliphatic rings. The first-order chi connectivity index (χ1) is 7.63. The first kappa shape index (κ1) is 13.5. The molecule has 0 aliphatic carbocycles. The van der Waals surface area contributed by atoms with Gasteiger partial charge in [-0.2, -0.15) is 0 Å². The molecule has 0 amide bonds. The zero-order valence-electron chi connectivity index (χ0n) is 10.6. The molecule has 1 N–H and O–H groups in total. The van der Waals surface area contributed by atoms with Crippen LogP contribution in [0.15, 0.2) is 0 Å². The van der Waals surface area contributed by atoms with Gasteiger partial charge in [-0.3, -0.25) is 9.80 Å². The van der Waals surface area contributed by atoms with E-state index in [2.05, 4.69) is 29.6 Å². The molecule has 0 unspecified atom stereocenters. The predicted octanol–water partition coefficient (Wildman–Crippen LogP) is 0.788. The van der Waals surface area contributed by atoms with Crippen molar-refractivity contribution >= 4 is 0 Å². The fraction of sp³-hybridized carbons (Fsp3) is 0.846. The summed E-state index contributed by atoms with van der Waals surface area (Å²) in [6, 6.07) is 0. The Bertz CT molecular complexity index is 235. The number of β-amino-alcohol motifs (C(OH)–C–C–N with tert-alkyl or cyclic N) is 1. The van der Waals surface area contributed by atoms with Crippen LogP contribution in [0.2, 0.25) is 0 Å². The molecule has 0 aromatic rings. The van der Waals surface area contributed by atoms with Crippen LogP contribution in [-0.2, 0) is 0 Å². The maximum Gasteiger partial charge on any atom is 0.0768 e. The van der Waals surface area contributed by atoms with E-state index in [9.17, 15) is 5.11 Å². The lowest BCUT2D eigenvalue weighted by molar-refractivity contribution is -0.0144. The number of nitrogens with zero attached hydrogens (tertiary/aromatic N) is 2. The van der Waals surface area contributed by atoms with E-state index in [1.165, 1.54) is 0 Å². The molecule has 0 saturated carbocycles. The fourth-order valence-electron chi connectivity index (χ4n) is 2.12. The number of aliphatic hydroxyl groups is 1. The molecule has 1 heterocycles. The van der Waals surface area contributed by atoms with Crippen molar-refractivity contribution in [1.82, 2.24) is 9.80 Å². The second kappa shape index (κ2) is 6.24. The third-order valence-electron chi connectivity index (χ3n) is 3.61. The third kappa shape index (κ3) is 3.79. The van der Waals surface area contributed by atoms with Crippen LogP contribution in [0.1, 0.15) is 26.7 Å². The van der Waals surface area contributed by atoms with Gasteiger partial charge in [0.15, 0.2) is 0 Å². The molecule has 1 aliphatic heterocycles. The molecule has 0 aromatic carbocycles. The maximum atomic E-state index is 10.3. The van der Waals surface area contributed by atoms with Crippen LogP contribution in [0.25, 0.3) is 0 Å². The van der Waals surface area contributed by atoms with Crippen LogP contribution in [0, 0.1) is 12.3 Å². The van der Waals surface area contributed by atoms with Gasteiger partial charge in [-0.15, -0.1) is 6.42 Å². The highest BCUT2D eigenvalue weighted by molar-refractivity contribution is 4.90. The van der Waals surface area contributed by atoms with E-state index in [0.717, 1.165) is 52.1 Å². The highest BCUT2D eigenvalue weighted by atomic mass is 16.3. The summed E-state index contributed by atoms with van der Waals surface area (Å²) in [6.45, 7) is 9.73. The molecule has 3 nitrogen and oxygen atoms in total. The van der Waals surface area contributed by atoms with E-state index < -0.39 is 5.60 Å². The lowest BCUT2D eigenvalue weighted by atomic mass is 9.96. The number of hydrogen-bond acceptors (Lipinski definition) is 3. The number of rotatable bonds is 5. The molecule has 3 heteroatoms. The largest absolute Gasteiger partial charge is 0.389 e. The Morgan fingerprint density at radius 1 is 1.12 bits per heavy atom. The highest BCUT2D eigenvalue weighted by Gasteiger charge is 2.27. The van der Waals surface area contributed by atoms with Crippen LogP contribution in [0.3, 0.4) is 0 Å². The second-order valence-electron chi connectivity index (χ2n) is 4.69. The summed E-state index contributed by atoms with van der Waals surface area (Å²) in [5.74, 6) is 2.68. The quantitative estimate of drug-likeness (QED) is 0.699. The molecule has 16 heavy (non-hydrogen) atoms. The molecule has 1 fully saturated rings. The second-order valence-corrected chi connectivity index (χ2v) is 4.69. The first-order valence-electron chi connectivity index (χ1n) is 6.24. The van der Waals surface area contributed by atoms with Crippen molar-refractivity contribution in [3.05, 3.63) is 0 Å². The van der Waals surface area contributed by atoms with Gasteiger partial charge in [0.05, 0.1) is 12.1 Å². The van der Waals surface area contributed by atoms with Crippen molar-refractivity contribution in [2.24, 2.45) is 0 Å². The van der Waals surface area contributed by atoms with E-state index in [4.69, 9.17) is 6.42 Å². The topological polar surface area (TPSA) is 26.7 Å². The van der Waals surface area contributed by atoms with E-state index >= 15 is 0 Å². The molecule has 0 bridgehead atoms. The standard InChI is InChI=1S/C13H24N2O/c1-4-7-14-8-10-15(11-9-14)12-13(16,5-2)6-3/h1,16H,5-12H2,2-3H3. The molecule has 0 spiro atoms. The first-order valence-corrected chi connectivity index (χ1v) is 6.24. The Labute approximate surface area is 99.4 Å². The van der Waals surface area contributed by atoms with Gasteiger partial charge in [-0.1, -0.05) is 19.8 Å². The number of hydrogen-bond donors (Lipinski definition) is 1. The van der Waals surface area contributed by atoms with E-state index in [-0.39, 0.29) is 0 Å². The van der Waals surface area contributed by atoms with Crippen LogP contribution in [0.4, 0.5) is 0 Å². The minimum atomic E-state index is -0.506. The Balaban J connectivity index is 2.34. The van der Waals surface area contributed by atoms with Crippen molar-refractivity contribution in [2.45, 2.75) is 32.3 Å². The Morgan fingerprint density at radius 2 is 1.62 bits per heavy atom. The molecule has 0 atom stereocenters. The predicted molar refractivity (Wildman–Crippen MR) is 67.2 cm³/mol. The van der Waals surface area contributed by atoms with Gasteiger partial charge >= 0.3 is 0 Å². The Hall–Kier alpha value is -0.560. The summed E-state index contributed by atoms with van der Waals surface area (Å²) in [4.78, 5) is 4.63. The van der Waals surface area contributed by atoms with Crippen molar-refractivity contribution < 1.29 is 5.11 Å². The molecule has 1 rings (SSSR count). The lowest BCUT2D eigenvalue weighted by Crippen LogP contribution is -2.51. The molecular weight excluding hydrogens is 200 g/mol. The monoisotopic (exact) mass is 224 g/mol. The van der Waals surface area contributed by atoms with Gasteiger partial charge in [0.25, 0.3) is 0 Å².